The van der Waals surface area contributed by atoms with Crippen molar-refractivity contribution in [3.63, 3.8) is 0 Å². The number of carbonyl (C=O) groups is 2. The van der Waals surface area contributed by atoms with E-state index in [9.17, 15) is 9.59 Å². The second-order valence-electron chi connectivity index (χ2n) is 10.1. The predicted octanol–water partition coefficient (Wildman–Crippen LogP) is 8.40. The highest BCUT2D eigenvalue weighted by molar-refractivity contribution is 14.1. The highest BCUT2D eigenvalue weighted by Crippen LogP contribution is 2.50. The third kappa shape index (κ3) is 5.62. The molecule has 2 aromatic rings. The van der Waals surface area contributed by atoms with Crippen LogP contribution in [0.4, 0.5) is 0 Å². The summed E-state index contributed by atoms with van der Waals surface area (Å²) in [5.74, 6) is 1.13. The van der Waals surface area contributed by atoms with E-state index in [0.717, 1.165) is 75.9 Å². The zero-order valence-corrected chi connectivity index (χ0v) is 25.9. The molecule has 1 heterocycles. The van der Waals surface area contributed by atoms with Gasteiger partial charge in [-0.25, -0.2) is 0 Å². The van der Waals surface area contributed by atoms with Crippen LogP contribution in [-0.2, 0) is 16.2 Å². The molecule has 2 aliphatic carbocycles. The van der Waals surface area contributed by atoms with Crippen molar-refractivity contribution in [3.8, 4) is 11.5 Å². The minimum atomic E-state index is -0.379. The minimum Gasteiger partial charge on any atom is -0.490 e. The van der Waals surface area contributed by atoms with Crippen LogP contribution in [0.5, 0.6) is 11.5 Å². The maximum absolute atomic E-state index is 13.5. The van der Waals surface area contributed by atoms with Crippen molar-refractivity contribution in [2.24, 2.45) is 0 Å². The number of allylic oxidation sites excluding steroid dienone is 4. The van der Waals surface area contributed by atoms with Gasteiger partial charge in [-0.05, 0) is 91.4 Å². The molecule has 1 aliphatic heterocycles. The van der Waals surface area contributed by atoms with Gasteiger partial charge < -0.3 is 14.4 Å². The lowest BCUT2D eigenvalue weighted by Gasteiger charge is -2.44. The summed E-state index contributed by atoms with van der Waals surface area (Å²) in [6.07, 6.45) is 5.42. The molecule has 206 valence electrons. The van der Waals surface area contributed by atoms with Crippen LogP contribution in [0.3, 0.4) is 0 Å². The molecule has 5 nitrogen and oxygen atoms in total. The third-order valence-corrected chi connectivity index (χ3v) is 8.97. The van der Waals surface area contributed by atoms with E-state index < -0.39 is 0 Å². The van der Waals surface area contributed by atoms with Crippen molar-refractivity contribution in [1.82, 2.24) is 4.90 Å². The van der Waals surface area contributed by atoms with Crippen molar-refractivity contribution >= 4 is 57.4 Å². The van der Waals surface area contributed by atoms with Gasteiger partial charge in [-0.2, -0.15) is 0 Å². The number of ether oxygens (including phenoxy) is 2. The van der Waals surface area contributed by atoms with Crippen LogP contribution >= 0.6 is 45.8 Å². The Bertz CT molecular complexity index is 1340. The smallest absolute Gasteiger partial charge is 0.174 e. The van der Waals surface area contributed by atoms with Crippen LogP contribution in [0, 0.1) is 3.57 Å². The Hall–Kier alpha value is -2.03. The number of Topliss-reactive ketones (excluding diaryl/α,β-unsaturated/α-hetero) is 2. The van der Waals surface area contributed by atoms with Gasteiger partial charge in [0, 0.05) is 63.5 Å². The van der Waals surface area contributed by atoms with Crippen molar-refractivity contribution < 1.29 is 19.1 Å². The Kier molecular flexibility index (Phi) is 8.94. The summed E-state index contributed by atoms with van der Waals surface area (Å²) in [4.78, 5) is 29.3. The van der Waals surface area contributed by atoms with Gasteiger partial charge >= 0.3 is 0 Å². The van der Waals surface area contributed by atoms with Gasteiger partial charge in [-0.3, -0.25) is 9.59 Å². The summed E-state index contributed by atoms with van der Waals surface area (Å²) < 4.78 is 13.2. The molecule has 5 rings (SSSR count). The van der Waals surface area contributed by atoms with Crippen molar-refractivity contribution in [2.75, 3.05) is 13.2 Å². The quantitative estimate of drug-likeness (QED) is 0.262. The SMILES string of the molecule is CCCN1C2=C(C(=O)CCC2)C(c2cc(I)c(OCc3ccc(Cl)cc3Cl)c(OCC)c2)C2=C1CCCC2=O. The number of rotatable bonds is 8. The predicted molar refractivity (Wildman–Crippen MR) is 163 cm³/mol. The van der Waals surface area contributed by atoms with Gasteiger partial charge in [0.2, 0.25) is 0 Å². The van der Waals surface area contributed by atoms with Gasteiger partial charge in [-0.15, -0.1) is 0 Å². The number of hydrogen-bond acceptors (Lipinski definition) is 5. The zero-order chi connectivity index (χ0) is 27.7. The topological polar surface area (TPSA) is 55.8 Å². The highest BCUT2D eigenvalue weighted by Gasteiger charge is 2.43. The zero-order valence-electron chi connectivity index (χ0n) is 22.2. The number of hydrogen-bond donors (Lipinski definition) is 0. The number of ketones is 2. The molecule has 8 heteroatoms. The molecule has 0 bridgehead atoms. The summed E-state index contributed by atoms with van der Waals surface area (Å²) >= 11 is 14.7. The Morgan fingerprint density at radius 3 is 2.18 bits per heavy atom. The van der Waals surface area contributed by atoms with Gasteiger partial charge in [0.1, 0.15) is 6.61 Å². The van der Waals surface area contributed by atoms with Crippen LogP contribution < -0.4 is 9.47 Å². The fourth-order valence-electron chi connectivity index (χ4n) is 5.99. The van der Waals surface area contributed by atoms with E-state index in [2.05, 4.69) is 34.4 Å². The Balaban J connectivity index is 1.60. The maximum Gasteiger partial charge on any atom is 0.174 e. The van der Waals surface area contributed by atoms with Crippen molar-refractivity contribution in [1.29, 1.82) is 0 Å². The van der Waals surface area contributed by atoms with Crippen molar-refractivity contribution in [3.05, 3.63) is 77.6 Å². The van der Waals surface area contributed by atoms with Gasteiger partial charge in [0.25, 0.3) is 0 Å². The number of carbonyl (C=O) groups excluding carboxylic acids is 2. The molecule has 39 heavy (non-hydrogen) atoms. The first-order valence-electron chi connectivity index (χ1n) is 13.7. The van der Waals surface area contributed by atoms with E-state index in [0.29, 0.717) is 41.0 Å². The first kappa shape index (κ1) is 28.5. The Morgan fingerprint density at radius 2 is 1.59 bits per heavy atom. The molecule has 0 unspecified atom stereocenters. The van der Waals surface area contributed by atoms with E-state index in [4.69, 9.17) is 32.7 Å². The van der Waals surface area contributed by atoms with E-state index in [1.54, 1.807) is 12.1 Å². The summed E-state index contributed by atoms with van der Waals surface area (Å²) in [6.45, 7) is 5.61. The van der Waals surface area contributed by atoms with E-state index in [1.807, 2.05) is 25.1 Å². The standard InChI is InChI=1S/C31H32Cl2INO4/c1-3-13-35-23-7-5-9-25(36)29(23)28(30-24(35)8-6-10-26(30)37)19-14-22(34)31(27(15-19)38-4-2)39-17-18-11-12-20(32)16-21(18)33/h11-12,14-16,28H,3-10,13,17H2,1-2H3. The molecule has 0 saturated carbocycles. The normalized spacial score (nSPS) is 17.9. The molecular weight excluding hydrogens is 648 g/mol. The van der Waals surface area contributed by atoms with Crippen LogP contribution in [-0.4, -0.2) is 29.6 Å². The largest absolute Gasteiger partial charge is 0.490 e. The molecule has 0 spiro atoms. The molecule has 3 aliphatic rings. The van der Waals surface area contributed by atoms with E-state index in [1.165, 1.54) is 0 Å². The first-order chi connectivity index (χ1) is 18.8. The number of nitrogens with zero attached hydrogens (tertiary/aromatic N) is 1. The molecule has 0 radical (unpaired) electrons. The average molecular weight is 680 g/mol. The fraction of sp³-hybridized carbons (Fsp3) is 0.419. The molecule has 0 amide bonds. The van der Waals surface area contributed by atoms with Gasteiger partial charge in [0.05, 0.1) is 10.2 Å². The molecule has 0 fully saturated rings. The van der Waals surface area contributed by atoms with Crippen LogP contribution in [0.2, 0.25) is 10.0 Å². The first-order valence-corrected chi connectivity index (χ1v) is 15.5. The summed E-state index contributed by atoms with van der Waals surface area (Å²) in [5, 5.41) is 1.11. The maximum atomic E-state index is 13.5. The highest BCUT2D eigenvalue weighted by atomic mass is 127. The van der Waals surface area contributed by atoms with Crippen LogP contribution in [0.15, 0.2) is 52.9 Å². The summed E-state index contributed by atoms with van der Waals surface area (Å²) in [5.41, 5.74) is 5.53. The monoisotopic (exact) mass is 679 g/mol. The van der Waals surface area contributed by atoms with E-state index >= 15 is 0 Å². The van der Waals surface area contributed by atoms with Crippen molar-refractivity contribution in [2.45, 2.75) is 71.3 Å². The molecule has 2 aromatic carbocycles. The average Bonchev–Trinajstić information content (AvgIpc) is 2.90. The van der Waals surface area contributed by atoms with Gasteiger partial charge in [0.15, 0.2) is 23.1 Å². The van der Waals surface area contributed by atoms with Crippen LogP contribution in [0.25, 0.3) is 0 Å². The lowest BCUT2D eigenvalue weighted by molar-refractivity contribution is -0.117. The molecule has 0 saturated heterocycles. The second-order valence-corrected chi connectivity index (χ2v) is 12.2. The van der Waals surface area contributed by atoms with Crippen LogP contribution in [0.1, 0.15) is 75.8 Å². The third-order valence-electron chi connectivity index (χ3n) is 7.59. The van der Waals surface area contributed by atoms with E-state index in [-0.39, 0.29) is 24.1 Å². The Morgan fingerprint density at radius 1 is 0.923 bits per heavy atom. The number of halogens is 3. The minimum absolute atomic E-state index is 0.151. The fourth-order valence-corrected chi connectivity index (χ4v) is 7.23. The molecule has 0 atom stereocenters. The lowest BCUT2D eigenvalue weighted by Crippen LogP contribution is -2.39. The van der Waals surface area contributed by atoms with Gasteiger partial charge in [-0.1, -0.05) is 36.2 Å². The molecule has 0 N–H and O–H groups in total. The lowest BCUT2D eigenvalue weighted by atomic mass is 9.71. The summed E-state index contributed by atoms with van der Waals surface area (Å²) in [7, 11) is 0. The number of benzene rings is 2. The second kappa shape index (κ2) is 12.2. The Labute approximate surface area is 253 Å². The molecular formula is C31H32Cl2INO4. The molecule has 0 aromatic heterocycles. The summed E-state index contributed by atoms with van der Waals surface area (Å²) in [6, 6.07) is 9.34.